The van der Waals surface area contributed by atoms with Gasteiger partial charge in [0.05, 0.1) is 13.7 Å². The molecule has 1 aliphatic rings. The minimum atomic E-state index is -0.453. The molecule has 2 unspecified atom stereocenters. The van der Waals surface area contributed by atoms with E-state index in [9.17, 15) is 4.79 Å². The zero-order chi connectivity index (χ0) is 12.7. The van der Waals surface area contributed by atoms with E-state index < -0.39 is 6.10 Å². The van der Waals surface area contributed by atoms with Crippen molar-refractivity contribution in [3.8, 4) is 0 Å². The van der Waals surface area contributed by atoms with Crippen LogP contribution in [0.2, 0.25) is 0 Å². The van der Waals surface area contributed by atoms with Crippen LogP contribution < -0.4 is 0 Å². The molecule has 1 aliphatic heterocycles. The minimum absolute atomic E-state index is 0.152. The Kier molecular flexibility index (Phi) is 6.84. The van der Waals surface area contributed by atoms with Crippen molar-refractivity contribution >= 4 is 34.3 Å². The molecule has 1 rings (SSSR count). The highest BCUT2D eigenvalue weighted by Gasteiger charge is 2.33. The van der Waals surface area contributed by atoms with Gasteiger partial charge in [-0.15, -0.1) is 0 Å². The molecule has 0 aromatic rings. The lowest BCUT2D eigenvalue weighted by atomic mass is 9.96. The number of hydrogen-bond acceptors (Lipinski definition) is 6. The van der Waals surface area contributed by atoms with E-state index in [0.717, 1.165) is 18.6 Å². The van der Waals surface area contributed by atoms with Gasteiger partial charge in [-0.25, -0.2) is 4.79 Å². The van der Waals surface area contributed by atoms with Crippen LogP contribution in [0.1, 0.15) is 19.8 Å². The lowest BCUT2D eigenvalue weighted by molar-refractivity contribution is -0.160. The number of ether oxygens (including phenoxy) is 3. The van der Waals surface area contributed by atoms with Gasteiger partial charge in [-0.2, -0.15) is 0 Å². The molecule has 1 saturated heterocycles. The van der Waals surface area contributed by atoms with Gasteiger partial charge in [-0.3, -0.25) is 0 Å². The van der Waals surface area contributed by atoms with E-state index in [1.807, 2.05) is 6.92 Å². The summed E-state index contributed by atoms with van der Waals surface area (Å²) in [5.74, 6) is 0.593. The molecular formula is C11H18O4S2. The molecule has 2 atom stereocenters. The summed E-state index contributed by atoms with van der Waals surface area (Å²) in [5, 5.41) is 0. The molecule has 0 aromatic heterocycles. The standard InChI is InChI=1S/C11H18O4S2/c1-3-14-11(16)17-7-8-5-4-6-15-9(8)10(12)13-2/h8-9H,3-7H2,1-2H3. The van der Waals surface area contributed by atoms with Crippen molar-refractivity contribution in [1.82, 2.24) is 0 Å². The average Bonchev–Trinajstić information content (AvgIpc) is 2.36. The Hall–Kier alpha value is -0.330. The summed E-state index contributed by atoms with van der Waals surface area (Å²) in [5.41, 5.74) is 0. The van der Waals surface area contributed by atoms with Gasteiger partial charge in [0.25, 0.3) is 0 Å². The van der Waals surface area contributed by atoms with Crippen LogP contribution in [0, 0.1) is 5.92 Å². The zero-order valence-electron chi connectivity index (χ0n) is 10.1. The average molecular weight is 278 g/mol. The van der Waals surface area contributed by atoms with Crippen molar-refractivity contribution in [2.45, 2.75) is 25.9 Å². The van der Waals surface area contributed by atoms with Crippen LogP contribution in [0.5, 0.6) is 0 Å². The van der Waals surface area contributed by atoms with Crippen LogP contribution in [0.4, 0.5) is 0 Å². The summed E-state index contributed by atoms with van der Waals surface area (Å²) in [7, 11) is 1.38. The van der Waals surface area contributed by atoms with Gasteiger partial charge in [0, 0.05) is 18.3 Å². The highest BCUT2D eigenvalue weighted by Crippen LogP contribution is 2.26. The first-order chi connectivity index (χ1) is 8.19. The predicted molar refractivity (Wildman–Crippen MR) is 71.2 cm³/mol. The maximum atomic E-state index is 11.5. The number of methoxy groups -OCH3 is 1. The van der Waals surface area contributed by atoms with Crippen LogP contribution >= 0.6 is 24.0 Å². The molecule has 98 valence electrons. The van der Waals surface area contributed by atoms with E-state index in [2.05, 4.69) is 0 Å². The number of hydrogen-bond donors (Lipinski definition) is 0. The Bertz CT molecular complexity index is 270. The van der Waals surface area contributed by atoms with Crippen molar-refractivity contribution < 1.29 is 19.0 Å². The smallest absolute Gasteiger partial charge is 0.335 e. The summed E-state index contributed by atoms with van der Waals surface area (Å²) in [6, 6.07) is 0. The molecule has 0 saturated carbocycles. The van der Waals surface area contributed by atoms with Crippen molar-refractivity contribution in [3.05, 3.63) is 0 Å². The lowest BCUT2D eigenvalue weighted by Gasteiger charge is -2.29. The molecule has 0 N–H and O–H groups in total. The molecule has 0 aromatic carbocycles. The maximum Gasteiger partial charge on any atom is 0.335 e. The van der Waals surface area contributed by atoms with E-state index in [1.54, 1.807) is 0 Å². The first kappa shape index (κ1) is 14.7. The van der Waals surface area contributed by atoms with E-state index >= 15 is 0 Å². The van der Waals surface area contributed by atoms with Crippen molar-refractivity contribution in [2.24, 2.45) is 5.92 Å². The predicted octanol–water partition coefficient (Wildman–Crippen LogP) is 2.01. The molecule has 0 spiro atoms. The van der Waals surface area contributed by atoms with Crippen molar-refractivity contribution in [1.29, 1.82) is 0 Å². The van der Waals surface area contributed by atoms with E-state index in [-0.39, 0.29) is 11.9 Å². The normalized spacial score (nSPS) is 24.1. The lowest BCUT2D eigenvalue weighted by Crippen LogP contribution is -2.38. The Morgan fingerprint density at radius 2 is 2.35 bits per heavy atom. The van der Waals surface area contributed by atoms with Crippen molar-refractivity contribution in [3.63, 3.8) is 0 Å². The molecule has 1 heterocycles. The largest absolute Gasteiger partial charge is 0.479 e. The highest BCUT2D eigenvalue weighted by atomic mass is 32.2. The van der Waals surface area contributed by atoms with Gasteiger partial charge in [-0.1, -0.05) is 11.8 Å². The summed E-state index contributed by atoms with van der Waals surface area (Å²) in [6.45, 7) is 3.10. The number of rotatable bonds is 4. The summed E-state index contributed by atoms with van der Waals surface area (Å²) in [4.78, 5) is 11.5. The zero-order valence-corrected chi connectivity index (χ0v) is 11.8. The fraction of sp³-hybridized carbons (Fsp3) is 0.818. The molecule has 4 nitrogen and oxygen atoms in total. The Balaban J connectivity index is 2.42. The highest BCUT2D eigenvalue weighted by molar-refractivity contribution is 8.22. The second kappa shape index (κ2) is 7.89. The van der Waals surface area contributed by atoms with Crippen molar-refractivity contribution in [2.75, 3.05) is 26.1 Å². The van der Waals surface area contributed by atoms with Gasteiger partial charge in [-0.05, 0) is 32.0 Å². The van der Waals surface area contributed by atoms with Crippen LogP contribution in [-0.4, -0.2) is 42.5 Å². The third-order valence-electron chi connectivity index (χ3n) is 2.56. The Morgan fingerprint density at radius 3 is 3.00 bits per heavy atom. The van der Waals surface area contributed by atoms with Crippen LogP contribution in [0.25, 0.3) is 0 Å². The molecule has 0 bridgehead atoms. The number of carbonyl (C=O) groups excluding carboxylic acids is 1. The second-order valence-electron chi connectivity index (χ2n) is 3.71. The SMILES string of the molecule is CCOC(=S)SCC1CCCOC1C(=O)OC. The fourth-order valence-electron chi connectivity index (χ4n) is 1.73. The number of thioether (sulfide) groups is 1. The van der Waals surface area contributed by atoms with Crippen LogP contribution in [0.3, 0.4) is 0 Å². The van der Waals surface area contributed by atoms with Gasteiger partial charge in [0.1, 0.15) is 0 Å². The third-order valence-corrected chi connectivity index (χ3v) is 3.98. The first-order valence-corrected chi connectivity index (χ1v) is 7.07. The molecule has 0 amide bonds. The van der Waals surface area contributed by atoms with Gasteiger partial charge < -0.3 is 14.2 Å². The fourth-order valence-corrected chi connectivity index (χ4v) is 2.94. The number of carbonyl (C=O) groups is 1. The summed E-state index contributed by atoms with van der Waals surface area (Å²) in [6.07, 6.45) is 1.48. The van der Waals surface area contributed by atoms with Gasteiger partial charge in [0.15, 0.2) is 6.10 Å². The Labute approximate surface area is 111 Å². The number of esters is 1. The molecule has 1 fully saturated rings. The third kappa shape index (κ3) is 4.81. The summed E-state index contributed by atoms with van der Waals surface area (Å²) >= 11 is 6.50. The van der Waals surface area contributed by atoms with E-state index in [1.165, 1.54) is 18.9 Å². The monoisotopic (exact) mass is 278 g/mol. The molecular weight excluding hydrogens is 260 g/mol. The van der Waals surface area contributed by atoms with E-state index in [4.69, 9.17) is 26.4 Å². The maximum absolute atomic E-state index is 11.5. The topological polar surface area (TPSA) is 44.8 Å². The van der Waals surface area contributed by atoms with E-state index in [0.29, 0.717) is 17.6 Å². The number of thiocarbonyl (C=S) groups is 1. The molecule has 6 heteroatoms. The molecule has 0 radical (unpaired) electrons. The first-order valence-electron chi connectivity index (χ1n) is 5.68. The Morgan fingerprint density at radius 1 is 1.59 bits per heavy atom. The second-order valence-corrected chi connectivity index (χ2v) is 5.33. The molecule has 0 aliphatic carbocycles. The molecule has 17 heavy (non-hydrogen) atoms. The quantitative estimate of drug-likeness (QED) is 0.579. The van der Waals surface area contributed by atoms with Gasteiger partial charge >= 0.3 is 5.97 Å². The summed E-state index contributed by atoms with van der Waals surface area (Å²) < 4.78 is 15.9. The van der Waals surface area contributed by atoms with Crippen LogP contribution in [-0.2, 0) is 19.0 Å². The van der Waals surface area contributed by atoms with Gasteiger partial charge in [0.2, 0.25) is 4.38 Å². The van der Waals surface area contributed by atoms with Crippen LogP contribution in [0.15, 0.2) is 0 Å². The minimum Gasteiger partial charge on any atom is -0.479 e.